The summed E-state index contributed by atoms with van der Waals surface area (Å²) in [5.74, 6) is -3.35. The van der Waals surface area contributed by atoms with Gasteiger partial charge in [-0.3, -0.25) is 19.2 Å². The largest absolute Gasteiger partial charge is 0.418 e. The van der Waals surface area contributed by atoms with Crippen molar-refractivity contribution in [2.45, 2.75) is 47.0 Å². The van der Waals surface area contributed by atoms with Gasteiger partial charge in [-0.15, -0.1) is 0 Å². The SMILES string of the molecule is CC(=O)OC1=C(OC(C)=O)C(=O)c2cc(CCCC(C)C)ccc2C1=O. The molecule has 0 unspecified atom stereocenters. The smallest absolute Gasteiger partial charge is 0.308 e. The number of Topliss-reactive ketones (excluding diaryl/α,β-unsaturated/α-hetero) is 2. The molecule has 0 N–H and O–H groups in total. The fourth-order valence-electron chi connectivity index (χ4n) is 2.77. The average Bonchev–Trinajstić information content (AvgIpc) is 2.54. The maximum Gasteiger partial charge on any atom is 0.308 e. The lowest BCUT2D eigenvalue weighted by Crippen LogP contribution is -2.27. The average molecular weight is 358 g/mol. The molecule has 0 bridgehead atoms. The van der Waals surface area contributed by atoms with Crippen LogP contribution in [0.1, 0.15) is 66.8 Å². The molecular weight excluding hydrogens is 336 g/mol. The quantitative estimate of drug-likeness (QED) is 0.725. The Balaban J connectivity index is 2.40. The summed E-state index contributed by atoms with van der Waals surface area (Å²) in [7, 11) is 0. The van der Waals surface area contributed by atoms with E-state index in [2.05, 4.69) is 13.8 Å². The van der Waals surface area contributed by atoms with Gasteiger partial charge in [-0.1, -0.05) is 26.3 Å². The van der Waals surface area contributed by atoms with Gasteiger partial charge < -0.3 is 9.47 Å². The first-order valence-electron chi connectivity index (χ1n) is 8.54. The summed E-state index contributed by atoms with van der Waals surface area (Å²) in [6.45, 7) is 6.49. The van der Waals surface area contributed by atoms with E-state index in [1.54, 1.807) is 18.2 Å². The number of esters is 2. The van der Waals surface area contributed by atoms with E-state index < -0.39 is 35.0 Å². The predicted octanol–water partition coefficient (Wildman–Crippen LogP) is 3.38. The van der Waals surface area contributed by atoms with Crippen LogP contribution in [0.3, 0.4) is 0 Å². The number of aryl methyl sites for hydroxylation is 1. The highest BCUT2D eigenvalue weighted by Crippen LogP contribution is 2.29. The molecule has 1 aromatic rings. The van der Waals surface area contributed by atoms with Crippen LogP contribution in [0.15, 0.2) is 29.7 Å². The Morgan fingerprint density at radius 1 is 0.923 bits per heavy atom. The van der Waals surface area contributed by atoms with Crippen molar-refractivity contribution in [2.24, 2.45) is 5.92 Å². The molecule has 2 rings (SSSR count). The van der Waals surface area contributed by atoms with Crippen LogP contribution in [0.4, 0.5) is 0 Å². The highest BCUT2D eigenvalue weighted by Gasteiger charge is 2.37. The molecule has 0 radical (unpaired) electrons. The lowest BCUT2D eigenvalue weighted by molar-refractivity contribution is -0.140. The zero-order valence-electron chi connectivity index (χ0n) is 15.4. The molecule has 0 aliphatic heterocycles. The molecule has 6 heteroatoms. The summed E-state index contributed by atoms with van der Waals surface area (Å²) < 4.78 is 9.75. The molecule has 1 aliphatic carbocycles. The highest BCUT2D eigenvalue weighted by atomic mass is 16.6. The number of allylic oxidation sites excluding steroid dienone is 2. The van der Waals surface area contributed by atoms with E-state index in [4.69, 9.17) is 9.47 Å². The Morgan fingerprint density at radius 2 is 1.46 bits per heavy atom. The minimum absolute atomic E-state index is 0.134. The Labute approximate surface area is 152 Å². The summed E-state index contributed by atoms with van der Waals surface area (Å²) in [5, 5.41) is 0. The van der Waals surface area contributed by atoms with Gasteiger partial charge in [0.2, 0.25) is 23.1 Å². The number of fused-ring (bicyclic) bond motifs is 1. The van der Waals surface area contributed by atoms with Crippen LogP contribution in [-0.2, 0) is 25.5 Å². The number of ketones is 2. The third-order valence-corrected chi connectivity index (χ3v) is 3.93. The zero-order valence-corrected chi connectivity index (χ0v) is 15.4. The van der Waals surface area contributed by atoms with E-state index in [1.807, 2.05) is 0 Å². The second-order valence-corrected chi connectivity index (χ2v) is 6.67. The van der Waals surface area contributed by atoms with Crippen molar-refractivity contribution in [3.8, 4) is 0 Å². The number of rotatable bonds is 6. The van der Waals surface area contributed by atoms with E-state index in [0.717, 1.165) is 38.7 Å². The van der Waals surface area contributed by atoms with Gasteiger partial charge in [0.1, 0.15) is 0 Å². The first-order chi connectivity index (χ1) is 12.2. The molecule has 0 saturated carbocycles. The second-order valence-electron chi connectivity index (χ2n) is 6.67. The molecule has 1 aliphatic rings. The third-order valence-electron chi connectivity index (χ3n) is 3.93. The number of benzene rings is 1. The molecule has 1 aromatic carbocycles. The van der Waals surface area contributed by atoms with Crippen LogP contribution in [0.5, 0.6) is 0 Å². The number of carbonyl (C=O) groups is 4. The standard InChI is InChI=1S/C20H22O6/c1-11(2)6-5-7-14-8-9-15-16(10-14)18(24)20(26-13(4)22)19(17(15)23)25-12(3)21/h8-11H,5-7H2,1-4H3. The zero-order chi connectivity index (χ0) is 19.4. The van der Waals surface area contributed by atoms with Gasteiger partial charge in [0, 0.05) is 25.0 Å². The van der Waals surface area contributed by atoms with Crippen LogP contribution in [0, 0.1) is 5.92 Å². The van der Waals surface area contributed by atoms with Crippen molar-refractivity contribution < 1.29 is 28.7 Å². The fourth-order valence-corrected chi connectivity index (χ4v) is 2.77. The van der Waals surface area contributed by atoms with Crippen molar-refractivity contribution in [2.75, 3.05) is 0 Å². The molecule has 26 heavy (non-hydrogen) atoms. The molecule has 0 fully saturated rings. The minimum Gasteiger partial charge on any atom is -0.418 e. The molecule has 6 nitrogen and oxygen atoms in total. The summed E-state index contributed by atoms with van der Waals surface area (Å²) in [4.78, 5) is 48.0. The Morgan fingerprint density at radius 3 is 1.96 bits per heavy atom. The van der Waals surface area contributed by atoms with Gasteiger partial charge in [0.25, 0.3) is 0 Å². The van der Waals surface area contributed by atoms with E-state index >= 15 is 0 Å². The van der Waals surface area contributed by atoms with Crippen LogP contribution >= 0.6 is 0 Å². The summed E-state index contributed by atoms with van der Waals surface area (Å²) in [6.07, 6.45) is 2.79. The molecule has 0 aromatic heterocycles. The van der Waals surface area contributed by atoms with Crippen LogP contribution in [0.25, 0.3) is 0 Å². The third kappa shape index (κ3) is 4.45. The Hall–Kier alpha value is -2.76. The van der Waals surface area contributed by atoms with E-state index in [0.29, 0.717) is 5.92 Å². The van der Waals surface area contributed by atoms with Crippen molar-refractivity contribution in [3.63, 3.8) is 0 Å². The maximum absolute atomic E-state index is 12.7. The number of hydrogen-bond acceptors (Lipinski definition) is 6. The molecular formula is C20H22O6. The van der Waals surface area contributed by atoms with Crippen LogP contribution < -0.4 is 0 Å². The molecule has 138 valence electrons. The molecule has 0 saturated heterocycles. The second kappa shape index (κ2) is 8.08. The van der Waals surface area contributed by atoms with Crippen molar-refractivity contribution in [3.05, 3.63) is 46.4 Å². The van der Waals surface area contributed by atoms with Gasteiger partial charge in [-0.05, 0) is 36.5 Å². The van der Waals surface area contributed by atoms with Crippen molar-refractivity contribution in [1.29, 1.82) is 0 Å². The topological polar surface area (TPSA) is 86.7 Å². The van der Waals surface area contributed by atoms with E-state index in [-0.39, 0.29) is 11.1 Å². The monoisotopic (exact) mass is 358 g/mol. The van der Waals surface area contributed by atoms with Gasteiger partial charge in [0.15, 0.2) is 0 Å². The van der Waals surface area contributed by atoms with Crippen LogP contribution in [-0.4, -0.2) is 23.5 Å². The minimum atomic E-state index is -0.778. The number of hydrogen-bond donors (Lipinski definition) is 0. The maximum atomic E-state index is 12.7. The van der Waals surface area contributed by atoms with Gasteiger partial charge >= 0.3 is 11.9 Å². The Kier molecular flexibility index (Phi) is 6.08. The van der Waals surface area contributed by atoms with Gasteiger partial charge in [-0.2, -0.15) is 0 Å². The number of ether oxygens (including phenoxy) is 2. The molecule has 0 atom stereocenters. The summed E-state index contributed by atoms with van der Waals surface area (Å²) in [6, 6.07) is 4.98. The summed E-state index contributed by atoms with van der Waals surface area (Å²) >= 11 is 0. The fraction of sp³-hybridized carbons (Fsp3) is 0.400. The Bertz CT molecular complexity index is 801. The van der Waals surface area contributed by atoms with Gasteiger partial charge in [-0.25, -0.2) is 0 Å². The molecule has 0 spiro atoms. The van der Waals surface area contributed by atoms with E-state index in [9.17, 15) is 19.2 Å². The highest BCUT2D eigenvalue weighted by molar-refractivity contribution is 6.26. The lowest BCUT2D eigenvalue weighted by atomic mass is 9.89. The molecule has 0 amide bonds. The van der Waals surface area contributed by atoms with Crippen molar-refractivity contribution in [1.82, 2.24) is 0 Å². The first-order valence-corrected chi connectivity index (χ1v) is 8.54. The van der Waals surface area contributed by atoms with Gasteiger partial charge in [0.05, 0.1) is 0 Å². The predicted molar refractivity (Wildman–Crippen MR) is 93.4 cm³/mol. The molecule has 0 heterocycles. The lowest BCUT2D eigenvalue weighted by Gasteiger charge is -2.19. The number of carbonyl (C=O) groups excluding carboxylic acids is 4. The normalized spacial score (nSPS) is 13.7. The first kappa shape index (κ1) is 19.6. The van der Waals surface area contributed by atoms with E-state index in [1.165, 1.54) is 0 Å². The summed E-state index contributed by atoms with van der Waals surface area (Å²) in [5.41, 5.74) is 1.21. The van der Waals surface area contributed by atoms with Crippen molar-refractivity contribution >= 4 is 23.5 Å². The van der Waals surface area contributed by atoms with Crippen LogP contribution in [0.2, 0.25) is 0 Å².